The van der Waals surface area contributed by atoms with E-state index in [0.717, 1.165) is 11.4 Å². The number of anilines is 2. The predicted octanol–water partition coefficient (Wildman–Crippen LogP) is 5.56. The zero-order valence-corrected chi connectivity index (χ0v) is 21.6. The first-order valence-electron chi connectivity index (χ1n) is 11.7. The van der Waals surface area contributed by atoms with Crippen molar-refractivity contribution in [2.45, 2.75) is 0 Å². The van der Waals surface area contributed by atoms with Crippen molar-refractivity contribution in [2.75, 3.05) is 9.16 Å². The fraction of sp³-hybridized carbons (Fsp3) is 0. The maximum Gasteiger partial charge on any atom is 0.0124 e. The van der Waals surface area contributed by atoms with Crippen molar-refractivity contribution in [3.8, 4) is 0 Å². The van der Waals surface area contributed by atoms with Gasteiger partial charge < -0.3 is 25.1 Å². The molecule has 0 amide bonds. The zero-order chi connectivity index (χ0) is 24.7. The van der Waals surface area contributed by atoms with E-state index in [9.17, 15) is 0 Å². The molecule has 0 aliphatic rings. The highest BCUT2D eigenvalue weighted by atomic mass is 31.1. The summed E-state index contributed by atoms with van der Waals surface area (Å²) in [6.07, 6.45) is 0. The highest BCUT2D eigenvalue weighted by Crippen LogP contribution is 2.48. The molecule has 0 fully saturated rings. The molecule has 0 bridgehead atoms. The van der Waals surface area contributed by atoms with Crippen molar-refractivity contribution in [2.24, 2.45) is 0 Å². The topological polar surface area (TPSA) is 6.48 Å². The van der Waals surface area contributed by atoms with Crippen LogP contribution in [0.1, 0.15) is 0 Å². The molecule has 0 N–H and O–H groups in total. The van der Waals surface area contributed by atoms with Crippen LogP contribution in [0, 0.1) is 0 Å². The molecule has 0 atom stereocenters. The lowest BCUT2D eigenvalue weighted by atomic mass is 10.2. The Kier molecular flexibility index (Phi) is 7.87. The van der Waals surface area contributed by atoms with Crippen molar-refractivity contribution in [1.29, 1.82) is 0 Å². The van der Waals surface area contributed by atoms with E-state index in [-0.39, 0.29) is 0 Å². The molecule has 2 nitrogen and oxygen atoms in total. The van der Waals surface area contributed by atoms with Crippen LogP contribution in [0.3, 0.4) is 0 Å². The molecule has 0 saturated carbocycles. The molecule has 0 unspecified atom stereocenters. The molecule has 5 rings (SSSR count). The van der Waals surface area contributed by atoms with E-state index in [4.69, 9.17) is 16.0 Å². The van der Waals surface area contributed by atoms with Crippen LogP contribution in [0.15, 0.2) is 146 Å². The standard InChI is InChI=1S/C30H24B2N2P2/c31-33(35(25-15-5-1-6-16-25)26-17-7-2-8-18-26)29-23-13-14-24-30(29)34(32)36(27-19-9-3-10-20-27)28-21-11-4-12-22-28/h1-24H/q-2. The second-order valence-electron chi connectivity index (χ2n) is 8.14. The Balaban J connectivity index is 1.60. The lowest BCUT2D eigenvalue weighted by molar-refractivity contribution is 1.50. The molecular formula is C30H24B2N2P2-2. The summed E-state index contributed by atoms with van der Waals surface area (Å²) in [4.78, 5) is 0. The van der Waals surface area contributed by atoms with Crippen LogP contribution < -0.4 is 30.4 Å². The average Bonchev–Trinajstić information content (AvgIpc) is 2.95. The largest absolute Gasteiger partial charge is 0.622 e. The van der Waals surface area contributed by atoms with Crippen molar-refractivity contribution in [3.05, 3.63) is 146 Å². The first kappa shape index (κ1) is 24.4. The van der Waals surface area contributed by atoms with Crippen molar-refractivity contribution in [3.63, 3.8) is 0 Å². The minimum atomic E-state index is -1.02. The van der Waals surface area contributed by atoms with Crippen LogP contribution in [0.4, 0.5) is 11.4 Å². The van der Waals surface area contributed by atoms with E-state index in [2.05, 4.69) is 109 Å². The Hall–Kier alpha value is -3.31. The third-order valence-corrected chi connectivity index (χ3v) is 10.3. The first-order chi connectivity index (χ1) is 17.7. The molecule has 0 spiro atoms. The minimum absolute atomic E-state index is 0.887. The second kappa shape index (κ2) is 11.6. The summed E-state index contributed by atoms with van der Waals surface area (Å²) in [6.45, 7) is 0. The highest BCUT2D eigenvalue weighted by molar-refractivity contribution is 7.76. The van der Waals surface area contributed by atoms with E-state index in [0.29, 0.717) is 0 Å². The Labute approximate surface area is 219 Å². The van der Waals surface area contributed by atoms with E-state index in [1.807, 2.05) is 45.6 Å². The van der Waals surface area contributed by atoms with Gasteiger partial charge in [-0.1, -0.05) is 133 Å². The van der Waals surface area contributed by atoms with Gasteiger partial charge in [-0.05, 0) is 33.4 Å². The second-order valence-corrected chi connectivity index (χ2v) is 12.3. The fourth-order valence-corrected chi connectivity index (χ4v) is 8.32. The average molecular weight is 496 g/mol. The van der Waals surface area contributed by atoms with Crippen molar-refractivity contribution < 1.29 is 0 Å². The van der Waals surface area contributed by atoms with Crippen LogP contribution >= 0.6 is 16.1 Å². The van der Waals surface area contributed by atoms with Gasteiger partial charge in [-0.2, -0.15) is 0 Å². The molecule has 0 saturated heterocycles. The van der Waals surface area contributed by atoms with Crippen molar-refractivity contribution in [1.82, 2.24) is 0 Å². The van der Waals surface area contributed by atoms with Gasteiger partial charge in [0.1, 0.15) is 0 Å². The van der Waals surface area contributed by atoms with Crippen LogP contribution in [0.25, 0.3) is 0 Å². The Morgan fingerprint density at radius 2 is 0.556 bits per heavy atom. The molecule has 172 valence electrons. The summed E-state index contributed by atoms with van der Waals surface area (Å²) in [6, 6.07) is 49.9. The number of hydrogen-bond acceptors (Lipinski definition) is 2. The number of benzene rings is 5. The number of nitrogens with zero attached hydrogens (tertiary/aromatic N) is 2. The Morgan fingerprint density at radius 1 is 0.333 bits per heavy atom. The van der Waals surface area contributed by atoms with Gasteiger partial charge in [0.25, 0.3) is 0 Å². The normalized spacial score (nSPS) is 11.0. The maximum atomic E-state index is 7.01. The Morgan fingerprint density at radius 3 is 0.806 bits per heavy atom. The van der Waals surface area contributed by atoms with E-state index >= 15 is 0 Å². The quantitative estimate of drug-likeness (QED) is 0.205. The van der Waals surface area contributed by atoms with Crippen LogP contribution in [0.5, 0.6) is 0 Å². The lowest BCUT2D eigenvalue weighted by Gasteiger charge is -2.51. The first-order valence-corrected chi connectivity index (χ1v) is 14.3. The summed E-state index contributed by atoms with van der Waals surface area (Å²) < 4.78 is 3.80. The van der Waals surface area contributed by atoms with Gasteiger partial charge >= 0.3 is 0 Å². The summed E-state index contributed by atoms with van der Waals surface area (Å²) in [5.74, 6) is 0. The third kappa shape index (κ3) is 5.26. The highest BCUT2D eigenvalue weighted by Gasteiger charge is 2.18. The molecule has 0 aliphatic heterocycles. The number of para-hydroxylation sites is 2. The van der Waals surface area contributed by atoms with Gasteiger partial charge in [-0.25, -0.2) is 0 Å². The van der Waals surface area contributed by atoms with E-state index in [1.165, 1.54) is 21.2 Å². The molecule has 5 aromatic carbocycles. The van der Waals surface area contributed by atoms with Crippen LogP contribution in [0.2, 0.25) is 0 Å². The van der Waals surface area contributed by atoms with Crippen LogP contribution in [-0.4, -0.2) is 16.0 Å². The molecule has 5 aromatic rings. The summed E-state index contributed by atoms with van der Waals surface area (Å²) in [5, 5.41) is 4.70. The monoisotopic (exact) mass is 496 g/mol. The molecule has 0 aromatic heterocycles. The van der Waals surface area contributed by atoms with Gasteiger partial charge in [-0.3, -0.25) is 0 Å². The zero-order valence-electron chi connectivity index (χ0n) is 19.8. The number of rotatable bonds is 8. The third-order valence-electron chi connectivity index (χ3n) is 5.81. The minimum Gasteiger partial charge on any atom is -0.622 e. The molecule has 6 radical (unpaired) electrons. The van der Waals surface area contributed by atoms with E-state index < -0.39 is 16.1 Å². The lowest BCUT2D eigenvalue weighted by Crippen LogP contribution is -2.30. The summed E-state index contributed by atoms with van der Waals surface area (Å²) >= 11 is 0. The van der Waals surface area contributed by atoms with Gasteiger partial charge in [-0.15, -0.1) is 0 Å². The fourth-order valence-electron chi connectivity index (χ4n) is 4.14. The summed E-state index contributed by atoms with van der Waals surface area (Å²) in [5.41, 5.74) is 1.77. The molecular weight excluding hydrogens is 472 g/mol. The predicted molar refractivity (Wildman–Crippen MR) is 161 cm³/mol. The van der Waals surface area contributed by atoms with Gasteiger partial charge in [0.2, 0.25) is 0 Å². The van der Waals surface area contributed by atoms with Gasteiger partial charge in [0, 0.05) is 27.5 Å². The smallest absolute Gasteiger partial charge is 0.0124 e. The van der Waals surface area contributed by atoms with Crippen molar-refractivity contribution >= 4 is 64.7 Å². The van der Waals surface area contributed by atoms with Crippen LogP contribution in [-0.2, 0) is 0 Å². The Bertz CT molecular complexity index is 1190. The molecule has 36 heavy (non-hydrogen) atoms. The number of hydrogen-bond donors (Lipinski definition) is 0. The van der Waals surface area contributed by atoms with Gasteiger partial charge in [0.05, 0.1) is 0 Å². The molecule has 0 heterocycles. The maximum absolute atomic E-state index is 7.01. The molecule has 0 aliphatic carbocycles. The summed E-state index contributed by atoms with van der Waals surface area (Å²) in [7, 11) is 12.0. The SMILES string of the molecule is [B-]N(c1ccccc1N([B-])P(c1ccccc1)c1ccccc1)P(c1ccccc1)c1ccccc1. The van der Waals surface area contributed by atoms with E-state index in [1.54, 1.807) is 0 Å². The molecule has 6 heteroatoms. The van der Waals surface area contributed by atoms with Gasteiger partial charge in [0.15, 0.2) is 0 Å².